The Balaban J connectivity index is 1.59. The van der Waals surface area contributed by atoms with Crippen molar-refractivity contribution in [3.63, 3.8) is 0 Å². The Labute approximate surface area is 154 Å². The van der Waals surface area contributed by atoms with Crippen LogP contribution in [0.3, 0.4) is 0 Å². The van der Waals surface area contributed by atoms with Crippen molar-refractivity contribution < 1.29 is 4.42 Å². The third-order valence-corrected chi connectivity index (χ3v) is 6.37. The summed E-state index contributed by atoms with van der Waals surface area (Å²) in [5.41, 5.74) is -0.189. The minimum absolute atomic E-state index is 0.0869. The number of hydrogen-bond acceptors (Lipinski definition) is 6. The molecule has 0 atom stereocenters. The zero-order valence-electron chi connectivity index (χ0n) is 16.5. The van der Waals surface area contributed by atoms with Crippen LogP contribution in [0.1, 0.15) is 101 Å². The monoisotopic (exact) mass is 362 g/mol. The van der Waals surface area contributed by atoms with Gasteiger partial charge in [-0.2, -0.15) is 0 Å². The average Bonchev–Trinajstić information content (AvgIpc) is 3.10. The molecular formula is C19H30N4OS. The lowest BCUT2D eigenvalue weighted by molar-refractivity contribution is 0.186. The van der Waals surface area contributed by atoms with Crippen LogP contribution in [0.15, 0.2) is 4.42 Å². The molecule has 6 heteroatoms. The van der Waals surface area contributed by atoms with Crippen LogP contribution >= 0.6 is 11.3 Å². The second-order valence-electron chi connectivity index (χ2n) is 9.42. The van der Waals surface area contributed by atoms with Gasteiger partial charge in [-0.25, -0.2) is 0 Å². The molecule has 0 radical (unpaired) electrons. The fraction of sp³-hybridized carbons (Fsp3) is 0.789. The summed E-state index contributed by atoms with van der Waals surface area (Å²) in [6, 6.07) is 0. The molecule has 2 heterocycles. The molecule has 0 N–H and O–H groups in total. The number of rotatable bonds is 5. The van der Waals surface area contributed by atoms with Crippen LogP contribution in [0, 0.1) is 5.92 Å². The Morgan fingerprint density at radius 3 is 2.16 bits per heavy atom. The maximum absolute atomic E-state index is 5.98. The molecule has 1 saturated carbocycles. The normalized spacial score (nSPS) is 21.6. The van der Waals surface area contributed by atoms with Gasteiger partial charge >= 0.3 is 0 Å². The Bertz CT molecular complexity index is 720. The van der Waals surface area contributed by atoms with Gasteiger partial charge in [0.2, 0.25) is 11.8 Å². The number of aromatic nitrogens is 4. The molecule has 1 aliphatic carbocycles. The summed E-state index contributed by atoms with van der Waals surface area (Å²) < 4.78 is 5.98. The largest absolute Gasteiger partial charge is 0.424 e. The van der Waals surface area contributed by atoms with E-state index in [0.717, 1.165) is 23.2 Å². The molecule has 2 aromatic heterocycles. The summed E-state index contributed by atoms with van der Waals surface area (Å²) in [6.07, 6.45) is 3.46. The highest BCUT2D eigenvalue weighted by Crippen LogP contribution is 2.48. The maximum Gasteiger partial charge on any atom is 0.222 e. The van der Waals surface area contributed by atoms with E-state index in [0.29, 0.717) is 17.8 Å². The lowest BCUT2D eigenvalue weighted by atomic mass is 9.68. The van der Waals surface area contributed by atoms with Gasteiger partial charge in [-0.1, -0.05) is 48.5 Å². The highest BCUT2D eigenvalue weighted by atomic mass is 32.1. The molecular weight excluding hydrogens is 332 g/mol. The van der Waals surface area contributed by atoms with Gasteiger partial charge < -0.3 is 4.42 Å². The SMILES string of the molecule is CC(C)c1nnc(C2CC(CC(C)(C)c3nnc(C(C)(C)C)o3)C2)s1. The van der Waals surface area contributed by atoms with Gasteiger partial charge in [0, 0.05) is 22.7 Å². The average molecular weight is 363 g/mol. The fourth-order valence-corrected chi connectivity index (χ4v) is 4.33. The molecule has 0 amide bonds. The van der Waals surface area contributed by atoms with E-state index in [-0.39, 0.29) is 10.8 Å². The van der Waals surface area contributed by atoms with Gasteiger partial charge in [0.15, 0.2) is 0 Å². The molecule has 1 fully saturated rings. The first-order chi connectivity index (χ1) is 11.6. The topological polar surface area (TPSA) is 64.7 Å². The molecule has 138 valence electrons. The van der Waals surface area contributed by atoms with Crippen LogP contribution in [0.2, 0.25) is 0 Å². The lowest BCUT2D eigenvalue weighted by Crippen LogP contribution is -2.30. The molecule has 5 nitrogen and oxygen atoms in total. The van der Waals surface area contributed by atoms with Crippen molar-refractivity contribution in [3.8, 4) is 0 Å². The minimum atomic E-state index is -0.102. The van der Waals surface area contributed by atoms with Crippen molar-refractivity contribution in [3.05, 3.63) is 21.8 Å². The van der Waals surface area contributed by atoms with Gasteiger partial charge in [-0.15, -0.1) is 31.7 Å². The van der Waals surface area contributed by atoms with Gasteiger partial charge in [0.1, 0.15) is 10.0 Å². The third kappa shape index (κ3) is 3.94. The molecule has 0 unspecified atom stereocenters. The highest BCUT2D eigenvalue weighted by Gasteiger charge is 2.39. The Hall–Kier alpha value is -1.30. The molecule has 1 aliphatic rings. The van der Waals surface area contributed by atoms with E-state index in [9.17, 15) is 0 Å². The summed E-state index contributed by atoms with van der Waals surface area (Å²) in [7, 11) is 0. The van der Waals surface area contributed by atoms with Crippen molar-refractivity contribution in [1.82, 2.24) is 20.4 Å². The molecule has 0 aliphatic heterocycles. The highest BCUT2D eigenvalue weighted by molar-refractivity contribution is 7.11. The quantitative estimate of drug-likeness (QED) is 0.731. The van der Waals surface area contributed by atoms with E-state index in [4.69, 9.17) is 4.42 Å². The smallest absolute Gasteiger partial charge is 0.222 e. The first-order valence-corrected chi connectivity index (χ1v) is 10.1. The van der Waals surface area contributed by atoms with Crippen LogP contribution in [0.25, 0.3) is 0 Å². The van der Waals surface area contributed by atoms with Crippen molar-refractivity contribution in [2.75, 3.05) is 0 Å². The second-order valence-corrected chi connectivity index (χ2v) is 10.5. The molecule has 3 rings (SSSR count). The van der Waals surface area contributed by atoms with E-state index in [1.807, 2.05) is 0 Å². The lowest BCUT2D eigenvalue weighted by Gasteiger charge is -2.37. The third-order valence-electron chi connectivity index (χ3n) is 4.98. The zero-order valence-corrected chi connectivity index (χ0v) is 17.3. The van der Waals surface area contributed by atoms with Gasteiger partial charge in [0.05, 0.1) is 0 Å². The zero-order chi connectivity index (χ0) is 18.4. The van der Waals surface area contributed by atoms with E-state index in [1.165, 1.54) is 17.8 Å². The molecule has 2 aromatic rings. The van der Waals surface area contributed by atoms with E-state index < -0.39 is 0 Å². The van der Waals surface area contributed by atoms with Crippen molar-refractivity contribution in [2.24, 2.45) is 5.92 Å². The molecule has 25 heavy (non-hydrogen) atoms. The van der Waals surface area contributed by atoms with Crippen molar-refractivity contribution in [2.45, 2.75) is 90.4 Å². The summed E-state index contributed by atoms with van der Waals surface area (Å²) >= 11 is 1.78. The van der Waals surface area contributed by atoms with Gasteiger partial charge in [-0.05, 0) is 25.2 Å². The maximum atomic E-state index is 5.98. The summed E-state index contributed by atoms with van der Waals surface area (Å²) in [6.45, 7) is 15.1. The summed E-state index contributed by atoms with van der Waals surface area (Å²) in [4.78, 5) is 0. The van der Waals surface area contributed by atoms with Crippen molar-refractivity contribution in [1.29, 1.82) is 0 Å². The first-order valence-electron chi connectivity index (χ1n) is 9.24. The molecule has 0 saturated heterocycles. The molecule has 0 spiro atoms. The minimum Gasteiger partial charge on any atom is -0.424 e. The van der Waals surface area contributed by atoms with Crippen LogP contribution in [0.4, 0.5) is 0 Å². The van der Waals surface area contributed by atoms with Crippen molar-refractivity contribution >= 4 is 11.3 Å². The standard InChI is InChI=1S/C19H30N4OS/c1-11(2)14-20-21-15(25-14)13-8-12(9-13)10-19(6,7)17-23-22-16(24-17)18(3,4)5/h11-13H,8-10H2,1-7H3. The van der Waals surface area contributed by atoms with Gasteiger partial charge in [0.25, 0.3) is 0 Å². The Morgan fingerprint density at radius 2 is 1.64 bits per heavy atom. The fourth-order valence-electron chi connectivity index (χ4n) is 3.36. The summed E-state index contributed by atoms with van der Waals surface area (Å²) in [5, 5.41) is 19.7. The predicted molar refractivity (Wildman–Crippen MR) is 100 cm³/mol. The Kier molecular flexibility index (Phi) is 4.77. The second kappa shape index (κ2) is 6.45. The predicted octanol–water partition coefficient (Wildman–Crippen LogP) is 5.20. The summed E-state index contributed by atoms with van der Waals surface area (Å²) in [5.74, 6) is 3.22. The number of nitrogens with zero attached hydrogens (tertiary/aromatic N) is 4. The Morgan fingerprint density at radius 1 is 1.00 bits per heavy atom. The van der Waals surface area contributed by atoms with Gasteiger partial charge in [-0.3, -0.25) is 0 Å². The van der Waals surface area contributed by atoms with Crippen LogP contribution in [-0.2, 0) is 10.8 Å². The van der Waals surface area contributed by atoms with Crippen LogP contribution in [0.5, 0.6) is 0 Å². The van der Waals surface area contributed by atoms with E-state index in [1.54, 1.807) is 11.3 Å². The van der Waals surface area contributed by atoms with E-state index in [2.05, 4.69) is 68.9 Å². The molecule has 0 aromatic carbocycles. The van der Waals surface area contributed by atoms with E-state index >= 15 is 0 Å². The number of hydrogen-bond donors (Lipinski definition) is 0. The first kappa shape index (κ1) is 18.5. The van der Waals surface area contributed by atoms with Crippen LogP contribution < -0.4 is 0 Å². The van der Waals surface area contributed by atoms with Crippen LogP contribution in [-0.4, -0.2) is 20.4 Å². The molecule has 0 bridgehead atoms.